The van der Waals surface area contributed by atoms with Crippen LogP contribution in [0.1, 0.15) is 60.5 Å². The number of carbonyl (C=O) groups excluding carboxylic acids is 1. The molecule has 3 rings (SSSR count). The molecule has 1 aliphatic rings. The zero-order chi connectivity index (χ0) is 14.7. The average molecular weight is 347 g/mol. The Hall–Kier alpha value is -1.42. The molecular formula is C17H19BrN2O. The second-order valence-corrected chi connectivity index (χ2v) is 6.53. The lowest BCUT2D eigenvalue weighted by Crippen LogP contribution is -2.03. The van der Waals surface area contributed by atoms with Gasteiger partial charge in [-0.3, -0.25) is 4.79 Å². The van der Waals surface area contributed by atoms with E-state index in [4.69, 9.17) is 5.10 Å². The van der Waals surface area contributed by atoms with Crippen molar-refractivity contribution in [1.29, 1.82) is 0 Å². The minimum absolute atomic E-state index is 0.427. The SMILES string of the molecule is O=Cc1cn(-c2ccccc2Br)nc1C1CCCCCC1. The number of nitrogens with zero attached hydrogens (tertiary/aromatic N) is 2. The topological polar surface area (TPSA) is 34.9 Å². The molecule has 1 saturated carbocycles. The zero-order valence-electron chi connectivity index (χ0n) is 12.0. The summed E-state index contributed by atoms with van der Waals surface area (Å²) in [5.74, 6) is 0.427. The van der Waals surface area contributed by atoms with E-state index in [2.05, 4.69) is 15.9 Å². The smallest absolute Gasteiger partial charge is 0.153 e. The van der Waals surface area contributed by atoms with Gasteiger partial charge in [-0.1, -0.05) is 37.8 Å². The van der Waals surface area contributed by atoms with E-state index >= 15 is 0 Å². The molecule has 2 aromatic rings. The maximum atomic E-state index is 11.4. The lowest BCUT2D eigenvalue weighted by atomic mass is 9.94. The second kappa shape index (κ2) is 6.56. The monoisotopic (exact) mass is 346 g/mol. The number of benzene rings is 1. The number of hydrogen-bond acceptors (Lipinski definition) is 2. The van der Waals surface area contributed by atoms with Crippen LogP contribution in [0.5, 0.6) is 0 Å². The third-order valence-electron chi connectivity index (χ3n) is 4.24. The summed E-state index contributed by atoms with van der Waals surface area (Å²) in [4.78, 5) is 11.4. The fourth-order valence-electron chi connectivity index (χ4n) is 3.12. The van der Waals surface area contributed by atoms with Gasteiger partial charge < -0.3 is 0 Å². The Balaban J connectivity index is 1.98. The van der Waals surface area contributed by atoms with Crippen molar-refractivity contribution in [2.75, 3.05) is 0 Å². The molecule has 1 aromatic heterocycles. The largest absolute Gasteiger partial charge is 0.298 e. The number of carbonyl (C=O) groups is 1. The summed E-state index contributed by atoms with van der Waals surface area (Å²) in [6, 6.07) is 7.95. The van der Waals surface area contributed by atoms with Crippen LogP contribution in [0.25, 0.3) is 5.69 Å². The molecule has 1 fully saturated rings. The first-order chi connectivity index (χ1) is 10.3. The number of aromatic nitrogens is 2. The van der Waals surface area contributed by atoms with Crippen molar-refractivity contribution in [3.05, 3.63) is 46.2 Å². The molecular weight excluding hydrogens is 328 g/mol. The van der Waals surface area contributed by atoms with E-state index in [1.54, 1.807) is 0 Å². The fourth-order valence-corrected chi connectivity index (χ4v) is 3.59. The van der Waals surface area contributed by atoms with Gasteiger partial charge in [0.15, 0.2) is 6.29 Å². The van der Waals surface area contributed by atoms with Crippen molar-refractivity contribution in [2.24, 2.45) is 0 Å². The molecule has 0 spiro atoms. The minimum atomic E-state index is 0.427. The first kappa shape index (κ1) is 14.5. The number of halogens is 1. The summed E-state index contributed by atoms with van der Waals surface area (Å²) in [5, 5.41) is 4.73. The maximum Gasteiger partial charge on any atom is 0.153 e. The molecule has 1 aromatic carbocycles. The summed E-state index contributed by atoms with van der Waals surface area (Å²) in [6.07, 6.45) is 10.2. The molecule has 110 valence electrons. The fraction of sp³-hybridized carbons (Fsp3) is 0.412. The molecule has 0 saturated heterocycles. The van der Waals surface area contributed by atoms with Crippen LogP contribution >= 0.6 is 15.9 Å². The van der Waals surface area contributed by atoms with E-state index in [9.17, 15) is 4.79 Å². The van der Waals surface area contributed by atoms with E-state index in [0.29, 0.717) is 5.92 Å². The van der Waals surface area contributed by atoms with Gasteiger partial charge in [0.2, 0.25) is 0 Å². The van der Waals surface area contributed by atoms with E-state index in [-0.39, 0.29) is 0 Å². The quantitative estimate of drug-likeness (QED) is 0.586. The predicted molar refractivity (Wildman–Crippen MR) is 87.1 cm³/mol. The Morgan fingerprint density at radius 1 is 1.14 bits per heavy atom. The van der Waals surface area contributed by atoms with Crippen LogP contribution in [0, 0.1) is 0 Å². The molecule has 3 nitrogen and oxygen atoms in total. The van der Waals surface area contributed by atoms with Crippen molar-refractivity contribution >= 4 is 22.2 Å². The predicted octanol–water partition coefficient (Wildman–Crippen LogP) is 4.89. The third-order valence-corrected chi connectivity index (χ3v) is 4.91. The van der Waals surface area contributed by atoms with Gasteiger partial charge in [-0.25, -0.2) is 4.68 Å². The van der Waals surface area contributed by atoms with Crippen LogP contribution in [-0.4, -0.2) is 16.1 Å². The van der Waals surface area contributed by atoms with Gasteiger partial charge in [-0.15, -0.1) is 0 Å². The van der Waals surface area contributed by atoms with Gasteiger partial charge in [-0.2, -0.15) is 5.10 Å². The molecule has 0 radical (unpaired) electrons. The van der Waals surface area contributed by atoms with Crippen LogP contribution in [0.2, 0.25) is 0 Å². The first-order valence-corrected chi connectivity index (χ1v) is 8.38. The molecule has 0 aliphatic heterocycles. The molecule has 0 unspecified atom stereocenters. The Kier molecular flexibility index (Phi) is 4.54. The molecule has 0 amide bonds. The highest BCUT2D eigenvalue weighted by Gasteiger charge is 2.21. The van der Waals surface area contributed by atoms with Crippen LogP contribution < -0.4 is 0 Å². The van der Waals surface area contributed by atoms with Crippen LogP contribution in [0.4, 0.5) is 0 Å². The molecule has 0 atom stereocenters. The van der Waals surface area contributed by atoms with Gasteiger partial charge >= 0.3 is 0 Å². The van der Waals surface area contributed by atoms with E-state index in [1.165, 1.54) is 25.7 Å². The van der Waals surface area contributed by atoms with Crippen molar-refractivity contribution in [3.63, 3.8) is 0 Å². The van der Waals surface area contributed by atoms with Crippen molar-refractivity contribution < 1.29 is 4.79 Å². The molecule has 1 heterocycles. The molecule has 0 N–H and O–H groups in total. The number of rotatable bonds is 3. The Morgan fingerprint density at radius 2 is 1.86 bits per heavy atom. The average Bonchev–Trinajstić information content (AvgIpc) is 2.74. The number of aldehydes is 1. The minimum Gasteiger partial charge on any atom is -0.298 e. The third kappa shape index (κ3) is 3.10. The van der Waals surface area contributed by atoms with Crippen LogP contribution in [0.15, 0.2) is 34.9 Å². The lowest BCUT2D eigenvalue weighted by molar-refractivity contribution is 0.112. The number of hydrogen-bond donors (Lipinski definition) is 0. The van der Waals surface area contributed by atoms with E-state index < -0.39 is 0 Å². The van der Waals surface area contributed by atoms with E-state index in [0.717, 1.165) is 40.5 Å². The molecule has 0 bridgehead atoms. The highest BCUT2D eigenvalue weighted by Crippen LogP contribution is 2.33. The lowest BCUT2D eigenvalue weighted by Gasteiger charge is -2.11. The summed E-state index contributed by atoms with van der Waals surface area (Å²) in [6.45, 7) is 0. The Labute approximate surface area is 133 Å². The summed E-state index contributed by atoms with van der Waals surface area (Å²) >= 11 is 3.55. The van der Waals surface area contributed by atoms with Gasteiger partial charge in [0.1, 0.15) is 0 Å². The first-order valence-electron chi connectivity index (χ1n) is 7.59. The van der Waals surface area contributed by atoms with Gasteiger partial charge in [0.25, 0.3) is 0 Å². The molecule has 4 heteroatoms. The molecule has 1 aliphatic carbocycles. The normalized spacial score (nSPS) is 16.6. The summed E-state index contributed by atoms with van der Waals surface area (Å²) in [7, 11) is 0. The van der Waals surface area contributed by atoms with Crippen molar-refractivity contribution in [1.82, 2.24) is 9.78 Å². The van der Waals surface area contributed by atoms with Gasteiger partial charge in [0.05, 0.1) is 16.9 Å². The standard InChI is InChI=1S/C17H19BrN2O/c18-15-9-5-6-10-16(15)20-11-14(12-21)17(19-20)13-7-3-1-2-4-8-13/h5-6,9-13H,1-4,7-8H2. The molecule has 21 heavy (non-hydrogen) atoms. The second-order valence-electron chi connectivity index (χ2n) is 5.67. The number of para-hydroxylation sites is 1. The zero-order valence-corrected chi connectivity index (χ0v) is 13.6. The Morgan fingerprint density at radius 3 is 2.52 bits per heavy atom. The highest BCUT2D eigenvalue weighted by atomic mass is 79.9. The van der Waals surface area contributed by atoms with Crippen molar-refractivity contribution in [2.45, 2.75) is 44.4 Å². The van der Waals surface area contributed by atoms with Crippen molar-refractivity contribution in [3.8, 4) is 5.69 Å². The van der Waals surface area contributed by atoms with Gasteiger partial charge in [0, 0.05) is 16.6 Å². The maximum absolute atomic E-state index is 11.4. The van der Waals surface area contributed by atoms with Crippen LogP contribution in [-0.2, 0) is 0 Å². The Bertz CT molecular complexity index is 627. The summed E-state index contributed by atoms with van der Waals surface area (Å²) < 4.78 is 2.81. The highest BCUT2D eigenvalue weighted by molar-refractivity contribution is 9.10. The summed E-state index contributed by atoms with van der Waals surface area (Å²) in [5.41, 5.74) is 2.68. The van der Waals surface area contributed by atoms with Gasteiger partial charge in [-0.05, 0) is 40.9 Å². The van der Waals surface area contributed by atoms with E-state index in [1.807, 2.05) is 35.1 Å². The van der Waals surface area contributed by atoms with Crippen LogP contribution in [0.3, 0.4) is 0 Å².